The Labute approximate surface area is 217 Å². The molecule has 1 aromatic carbocycles. The Morgan fingerprint density at radius 3 is 2.38 bits per heavy atom. The highest BCUT2D eigenvalue weighted by atomic mass is 16.2. The van der Waals surface area contributed by atoms with E-state index >= 15 is 0 Å². The van der Waals surface area contributed by atoms with Crippen molar-refractivity contribution in [2.24, 2.45) is 0 Å². The predicted molar refractivity (Wildman–Crippen MR) is 144 cm³/mol. The molecule has 1 atom stereocenters. The lowest BCUT2D eigenvalue weighted by Gasteiger charge is -2.35. The van der Waals surface area contributed by atoms with Gasteiger partial charge in [0.25, 0.3) is 11.8 Å². The van der Waals surface area contributed by atoms with Crippen molar-refractivity contribution >= 4 is 40.6 Å². The Hall–Kier alpha value is -4.14. The SMILES string of the molecule is CC(=O)N1CCN(C(=O)C2=CCC(Nc3cc4c(cn3)N(C)C(=O)c3ccccc3N4C)C(C)=C2)CC1. The van der Waals surface area contributed by atoms with Gasteiger partial charge in [-0.25, -0.2) is 4.98 Å². The number of amides is 3. The number of rotatable bonds is 3. The van der Waals surface area contributed by atoms with Crippen molar-refractivity contribution in [2.45, 2.75) is 26.3 Å². The summed E-state index contributed by atoms with van der Waals surface area (Å²) in [6.07, 6.45) is 6.31. The average Bonchev–Trinajstić information content (AvgIpc) is 2.99. The van der Waals surface area contributed by atoms with E-state index in [2.05, 4.69) is 10.3 Å². The summed E-state index contributed by atoms with van der Waals surface area (Å²) in [5.41, 5.74) is 4.86. The van der Waals surface area contributed by atoms with Crippen molar-refractivity contribution in [1.29, 1.82) is 0 Å². The summed E-state index contributed by atoms with van der Waals surface area (Å²) in [4.78, 5) is 49.5. The van der Waals surface area contributed by atoms with E-state index in [1.807, 2.05) is 66.3 Å². The molecule has 9 heteroatoms. The van der Waals surface area contributed by atoms with Crippen LogP contribution in [0, 0.1) is 0 Å². The van der Waals surface area contributed by atoms with Gasteiger partial charge < -0.3 is 24.9 Å². The van der Waals surface area contributed by atoms with E-state index in [1.165, 1.54) is 0 Å². The first-order chi connectivity index (χ1) is 17.7. The number of carbonyl (C=O) groups is 3. The number of anilines is 4. The number of benzene rings is 1. The van der Waals surface area contributed by atoms with E-state index in [-0.39, 0.29) is 23.8 Å². The maximum atomic E-state index is 13.1. The molecule has 1 unspecified atom stereocenters. The fourth-order valence-corrected chi connectivity index (χ4v) is 5.15. The van der Waals surface area contributed by atoms with Crippen LogP contribution in [-0.4, -0.2) is 78.8 Å². The topological polar surface area (TPSA) is 89.1 Å². The van der Waals surface area contributed by atoms with E-state index in [0.29, 0.717) is 49.6 Å². The van der Waals surface area contributed by atoms with Crippen LogP contribution in [-0.2, 0) is 9.59 Å². The van der Waals surface area contributed by atoms with Gasteiger partial charge in [0.2, 0.25) is 5.91 Å². The summed E-state index contributed by atoms with van der Waals surface area (Å²) in [5.74, 6) is 0.692. The molecule has 1 fully saturated rings. The molecule has 3 heterocycles. The summed E-state index contributed by atoms with van der Waals surface area (Å²) in [5, 5.41) is 3.51. The zero-order valence-corrected chi connectivity index (χ0v) is 21.7. The zero-order valence-electron chi connectivity index (χ0n) is 21.7. The number of fused-ring (bicyclic) bond motifs is 2. The van der Waals surface area contributed by atoms with Gasteiger partial charge in [0, 0.05) is 58.8 Å². The summed E-state index contributed by atoms with van der Waals surface area (Å²) >= 11 is 0. The molecular weight excluding hydrogens is 468 g/mol. The second-order valence-electron chi connectivity index (χ2n) is 9.78. The Morgan fingerprint density at radius 2 is 1.68 bits per heavy atom. The van der Waals surface area contributed by atoms with Crippen LogP contribution in [0.2, 0.25) is 0 Å². The normalized spacial score (nSPS) is 19.5. The Bertz CT molecular complexity index is 1320. The van der Waals surface area contributed by atoms with Gasteiger partial charge in [0.1, 0.15) is 5.82 Å². The Kier molecular flexibility index (Phi) is 6.45. The van der Waals surface area contributed by atoms with E-state index in [9.17, 15) is 14.4 Å². The van der Waals surface area contributed by atoms with E-state index in [0.717, 1.165) is 22.6 Å². The molecule has 37 heavy (non-hydrogen) atoms. The highest BCUT2D eigenvalue weighted by Gasteiger charge is 2.29. The number of hydrogen-bond donors (Lipinski definition) is 1. The molecule has 1 saturated heterocycles. The van der Waals surface area contributed by atoms with Crippen LogP contribution in [0.15, 0.2) is 59.8 Å². The van der Waals surface area contributed by atoms with Crippen molar-refractivity contribution in [1.82, 2.24) is 14.8 Å². The lowest BCUT2D eigenvalue weighted by atomic mass is 9.94. The maximum absolute atomic E-state index is 13.1. The molecule has 9 nitrogen and oxygen atoms in total. The summed E-state index contributed by atoms with van der Waals surface area (Å²) in [6, 6.07) is 9.55. The Balaban J connectivity index is 1.30. The minimum absolute atomic E-state index is 0.000563. The lowest BCUT2D eigenvalue weighted by Crippen LogP contribution is -2.50. The maximum Gasteiger partial charge on any atom is 0.260 e. The molecule has 0 spiro atoms. The summed E-state index contributed by atoms with van der Waals surface area (Å²) in [6.45, 7) is 5.84. The third-order valence-corrected chi connectivity index (χ3v) is 7.47. The first-order valence-electron chi connectivity index (χ1n) is 12.5. The van der Waals surface area contributed by atoms with Crippen molar-refractivity contribution in [3.8, 4) is 0 Å². The zero-order chi connectivity index (χ0) is 26.3. The van der Waals surface area contributed by atoms with Gasteiger partial charge in [-0.3, -0.25) is 14.4 Å². The van der Waals surface area contributed by atoms with Crippen molar-refractivity contribution < 1.29 is 14.4 Å². The van der Waals surface area contributed by atoms with Crippen molar-refractivity contribution in [3.05, 3.63) is 65.4 Å². The average molecular weight is 501 g/mol. The van der Waals surface area contributed by atoms with Gasteiger partial charge in [0.15, 0.2) is 0 Å². The van der Waals surface area contributed by atoms with Crippen LogP contribution in [0.4, 0.5) is 22.9 Å². The number of pyridine rings is 1. The van der Waals surface area contributed by atoms with Crippen LogP contribution in [0.25, 0.3) is 0 Å². The molecule has 192 valence electrons. The molecule has 3 aliphatic rings. The second kappa shape index (κ2) is 9.72. The van der Waals surface area contributed by atoms with E-state index in [1.54, 1.807) is 30.0 Å². The molecule has 1 aromatic heterocycles. The lowest BCUT2D eigenvalue weighted by molar-refractivity contribution is -0.136. The number of piperazine rings is 1. The fourth-order valence-electron chi connectivity index (χ4n) is 5.15. The molecule has 0 bridgehead atoms. The van der Waals surface area contributed by atoms with Crippen LogP contribution >= 0.6 is 0 Å². The summed E-state index contributed by atoms with van der Waals surface area (Å²) in [7, 11) is 3.72. The van der Waals surface area contributed by atoms with Gasteiger partial charge in [-0.05, 0) is 31.6 Å². The highest BCUT2D eigenvalue weighted by molar-refractivity contribution is 6.13. The van der Waals surface area contributed by atoms with Gasteiger partial charge in [-0.15, -0.1) is 0 Å². The smallest absolute Gasteiger partial charge is 0.260 e. The second-order valence-corrected chi connectivity index (χ2v) is 9.78. The summed E-state index contributed by atoms with van der Waals surface area (Å²) < 4.78 is 0. The molecule has 1 aliphatic carbocycles. The largest absolute Gasteiger partial charge is 0.363 e. The highest BCUT2D eigenvalue weighted by Crippen LogP contribution is 2.40. The first-order valence-corrected chi connectivity index (χ1v) is 12.5. The number of hydrogen-bond acceptors (Lipinski definition) is 6. The fraction of sp³-hybridized carbons (Fsp3) is 0.357. The number of aromatic nitrogens is 1. The molecular formula is C28H32N6O3. The molecule has 0 saturated carbocycles. The van der Waals surface area contributed by atoms with Gasteiger partial charge >= 0.3 is 0 Å². The number of para-hydroxylation sites is 1. The molecule has 3 amide bonds. The molecule has 2 aliphatic heterocycles. The van der Waals surface area contributed by atoms with Crippen LogP contribution in [0.5, 0.6) is 0 Å². The predicted octanol–water partition coefficient (Wildman–Crippen LogP) is 3.19. The molecule has 5 rings (SSSR count). The standard InChI is InChI=1S/C28H32N6O3/c1-18-15-20(27(36)34-13-11-33(12-14-34)19(2)35)9-10-22(18)30-26-16-24-25(17-29-26)32(4)28(37)21-7-5-6-8-23(21)31(24)3/h5-9,15-17,22H,10-14H2,1-4H3,(H,29,30). The van der Waals surface area contributed by atoms with Crippen LogP contribution < -0.4 is 15.1 Å². The van der Waals surface area contributed by atoms with E-state index in [4.69, 9.17) is 0 Å². The minimum Gasteiger partial charge on any atom is -0.363 e. The quantitative estimate of drug-likeness (QED) is 0.697. The van der Waals surface area contributed by atoms with Crippen molar-refractivity contribution in [2.75, 3.05) is 55.4 Å². The molecule has 1 N–H and O–H groups in total. The Morgan fingerprint density at radius 1 is 0.973 bits per heavy atom. The number of nitrogens with zero attached hydrogens (tertiary/aromatic N) is 5. The molecule has 2 aromatic rings. The molecule has 0 radical (unpaired) electrons. The first kappa shape index (κ1) is 24.5. The van der Waals surface area contributed by atoms with Gasteiger partial charge in [-0.1, -0.05) is 23.8 Å². The monoisotopic (exact) mass is 500 g/mol. The van der Waals surface area contributed by atoms with Crippen molar-refractivity contribution in [3.63, 3.8) is 0 Å². The number of carbonyl (C=O) groups excluding carboxylic acids is 3. The van der Waals surface area contributed by atoms with Crippen LogP contribution in [0.3, 0.4) is 0 Å². The number of nitrogens with one attached hydrogen (secondary N) is 1. The van der Waals surface area contributed by atoms with Gasteiger partial charge in [0.05, 0.1) is 34.9 Å². The third-order valence-electron chi connectivity index (χ3n) is 7.47. The van der Waals surface area contributed by atoms with Gasteiger partial charge in [-0.2, -0.15) is 0 Å². The minimum atomic E-state index is -0.0696. The third kappa shape index (κ3) is 4.57. The van der Waals surface area contributed by atoms with Crippen LogP contribution in [0.1, 0.15) is 30.6 Å². The van der Waals surface area contributed by atoms with E-state index < -0.39 is 0 Å².